The minimum atomic E-state index is -0.862. The van der Waals surface area contributed by atoms with Crippen LogP contribution in [0.15, 0.2) is 54.7 Å². The molecule has 2 aromatic carbocycles. The Labute approximate surface area is 188 Å². The summed E-state index contributed by atoms with van der Waals surface area (Å²) in [6.45, 7) is 7.55. The Morgan fingerprint density at radius 3 is 2.44 bits per heavy atom. The van der Waals surface area contributed by atoms with Gasteiger partial charge in [-0.15, -0.1) is 0 Å². The molecule has 1 aliphatic heterocycles. The zero-order chi connectivity index (χ0) is 22.7. The number of carboxylic acid groups (broad SMARTS) is 1. The molecule has 1 aromatic heterocycles. The van der Waals surface area contributed by atoms with Crippen molar-refractivity contribution in [1.82, 2.24) is 14.8 Å². The molecule has 2 heterocycles. The lowest BCUT2D eigenvalue weighted by atomic mass is 10.0. The molecule has 0 unspecified atom stereocenters. The Bertz CT molecular complexity index is 1090. The van der Waals surface area contributed by atoms with Crippen LogP contribution in [0.3, 0.4) is 0 Å². The van der Waals surface area contributed by atoms with Crippen LogP contribution in [0, 0.1) is 5.92 Å². The van der Waals surface area contributed by atoms with Gasteiger partial charge in [0.2, 0.25) is 5.91 Å². The fraction of sp³-hybridized carbons (Fsp3) is 0.360. The standard InChI is InChI=1S/C25H30N4O3/c1-17(2)24(30)27-19-8-9-22-20(14-19)21(15-26-22)23(25(31)32)29-12-10-28(11-13-29)16-18-6-4-3-5-7-18/h3-9,14-15,17,23,26H,10-13,16H2,1-2H3,(H,27,30)(H,31,32)/t23-/m0/s1. The molecule has 0 spiro atoms. The summed E-state index contributed by atoms with van der Waals surface area (Å²) in [5.74, 6) is -1.06. The van der Waals surface area contributed by atoms with Gasteiger partial charge in [0.15, 0.2) is 0 Å². The van der Waals surface area contributed by atoms with Gasteiger partial charge in [0.05, 0.1) is 0 Å². The van der Waals surface area contributed by atoms with Gasteiger partial charge in [-0.2, -0.15) is 0 Å². The second-order valence-electron chi connectivity index (χ2n) is 8.69. The molecule has 3 aromatic rings. The average Bonchev–Trinajstić information content (AvgIpc) is 3.18. The van der Waals surface area contributed by atoms with E-state index in [0.717, 1.165) is 36.1 Å². The molecule has 1 saturated heterocycles. The topological polar surface area (TPSA) is 88.7 Å². The monoisotopic (exact) mass is 434 g/mol. The third-order valence-electron chi connectivity index (χ3n) is 6.06. The Morgan fingerprint density at radius 1 is 1.06 bits per heavy atom. The summed E-state index contributed by atoms with van der Waals surface area (Å²) in [7, 11) is 0. The number of aliphatic carboxylic acids is 1. The van der Waals surface area contributed by atoms with E-state index < -0.39 is 12.0 Å². The van der Waals surface area contributed by atoms with E-state index in [1.807, 2.05) is 55.1 Å². The molecule has 1 aliphatic rings. The summed E-state index contributed by atoms with van der Waals surface area (Å²) in [6.07, 6.45) is 1.79. The molecular formula is C25H30N4O3. The van der Waals surface area contributed by atoms with Crippen molar-refractivity contribution in [3.8, 4) is 0 Å². The summed E-state index contributed by atoms with van der Waals surface area (Å²) in [4.78, 5) is 32.0. The van der Waals surface area contributed by atoms with E-state index in [4.69, 9.17) is 0 Å². The smallest absolute Gasteiger partial charge is 0.325 e. The first kappa shape index (κ1) is 22.0. The van der Waals surface area contributed by atoms with Crippen LogP contribution in [0.1, 0.15) is 31.0 Å². The number of nitrogens with zero attached hydrogens (tertiary/aromatic N) is 2. The number of aromatic nitrogens is 1. The van der Waals surface area contributed by atoms with Crippen molar-refractivity contribution in [2.24, 2.45) is 5.92 Å². The number of aromatic amines is 1. The van der Waals surface area contributed by atoms with Crippen molar-refractivity contribution in [2.75, 3.05) is 31.5 Å². The van der Waals surface area contributed by atoms with Gasteiger partial charge in [-0.05, 0) is 23.8 Å². The van der Waals surface area contributed by atoms with E-state index in [0.29, 0.717) is 18.8 Å². The van der Waals surface area contributed by atoms with Crippen molar-refractivity contribution in [2.45, 2.75) is 26.4 Å². The maximum Gasteiger partial charge on any atom is 0.325 e. The molecule has 32 heavy (non-hydrogen) atoms. The SMILES string of the molecule is CC(C)C(=O)Nc1ccc2[nH]cc([C@@H](C(=O)O)N3CCN(Cc4ccccc4)CC3)c2c1. The lowest BCUT2D eigenvalue weighted by molar-refractivity contribution is -0.144. The molecule has 168 valence electrons. The number of rotatable bonds is 7. The van der Waals surface area contributed by atoms with Crippen LogP contribution in [0.4, 0.5) is 5.69 Å². The van der Waals surface area contributed by atoms with Gasteiger partial charge < -0.3 is 15.4 Å². The molecule has 0 saturated carbocycles. The van der Waals surface area contributed by atoms with E-state index in [2.05, 4.69) is 27.3 Å². The largest absolute Gasteiger partial charge is 0.480 e. The summed E-state index contributed by atoms with van der Waals surface area (Å²) in [5.41, 5.74) is 3.53. The van der Waals surface area contributed by atoms with Gasteiger partial charge in [-0.1, -0.05) is 44.2 Å². The molecule has 0 bridgehead atoms. The van der Waals surface area contributed by atoms with Gasteiger partial charge in [-0.25, -0.2) is 0 Å². The number of carbonyl (C=O) groups is 2. The third-order valence-corrected chi connectivity index (χ3v) is 6.06. The fourth-order valence-electron chi connectivity index (χ4n) is 4.24. The van der Waals surface area contributed by atoms with Crippen LogP contribution in [0.2, 0.25) is 0 Å². The highest BCUT2D eigenvalue weighted by Crippen LogP contribution is 2.31. The predicted molar refractivity (Wildman–Crippen MR) is 125 cm³/mol. The van der Waals surface area contributed by atoms with Gasteiger partial charge in [0.1, 0.15) is 6.04 Å². The number of carbonyl (C=O) groups excluding carboxylic acids is 1. The van der Waals surface area contributed by atoms with Crippen molar-refractivity contribution in [1.29, 1.82) is 0 Å². The van der Waals surface area contributed by atoms with Gasteiger partial charge >= 0.3 is 5.97 Å². The Morgan fingerprint density at radius 2 is 1.78 bits per heavy atom. The van der Waals surface area contributed by atoms with Crippen molar-refractivity contribution < 1.29 is 14.7 Å². The quantitative estimate of drug-likeness (QED) is 0.528. The van der Waals surface area contributed by atoms with Crippen LogP contribution >= 0.6 is 0 Å². The first-order valence-electron chi connectivity index (χ1n) is 11.1. The maximum absolute atomic E-state index is 12.3. The summed E-state index contributed by atoms with van der Waals surface area (Å²) < 4.78 is 0. The number of benzene rings is 2. The lowest BCUT2D eigenvalue weighted by Crippen LogP contribution is -2.48. The molecule has 1 amide bonds. The molecule has 3 N–H and O–H groups in total. The summed E-state index contributed by atoms with van der Waals surface area (Å²) in [5, 5.41) is 13.8. The number of H-pyrrole nitrogens is 1. The number of fused-ring (bicyclic) bond motifs is 1. The number of carboxylic acids is 1. The van der Waals surface area contributed by atoms with E-state index in [1.165, 1.54) is 5.56 Å². The van der Waals surface area contributed by atoms with E-state index in [9.17, 15) is 14.7 Å². The normalized spacial score (nSPS) is 16.3. The van der Waals surface area contributed by atoms with Crippen LogP contribution in [0.5, 0.6) is 0 Å². The number of nitrogens with one attached hydrogen (secondary N) is 2. The highest BCUT2D eigenvalue weighted by atomic mass is 16.4. The average molecular weight is 435 g/mol. The minimum Gasteiger partial charge on any atom is -0.480 e. The van der Waals surface area contributed by atoms with E-state index in [1.54, 1.807) is 6.20 Å². The van der Waals surface area contributed by atoms with Gasteiger partial charge in [0.25, 0.3) is 0 Å². The summed E-state index contributed by atoms with van der Waals surface area (Å²) >= 11 is 0. The molecule has 1 fully saturated rings. The Hall–Kier alpha value is -3.16. The minimum absolute atomic E-state index is 0.0641. The number of hydrogen-bond acceptors (Lipinski definition) is 4. The first-order chi connectivity index (χ1) is 15.4. The molecular weight excluding hydrogens is 404 g/mol. The van der Waals surface area contributed by atoms with E-state index in [-0.39, 0.29) is 11.8 Å². The molecule has 1 atom stereocenters. The van der Waals surface area contributed by atoms with Gasteiger partial charge in [0, 0.05) is 67.0 Å². The second kappa shape index (κ2) is 9.54. The van der Waals surface area contributed by atoms with Crippen LogP contribution < -0.4 is 5.32 Å². The Balaban J connectivity index is 1.51. The molecule has 0 aliphatic carbocycles. The van der Waals surface area contributed by atoms with Crippen molar-refractivity contribution >= 4 is 28.5 Å². The van der Waals surface area contributed by atoms with Crippen LogP contribution in [0.25, 0.3) is 10.9 Å². The number of amides is 1. The predicted octanol–water partition coefficient (Wildman–Crippen LogP) is 3.71. The van der Waals surface area contributed by atoms with Crippen molar-refractivity contribution in [3.05, 3.63) is 65.9 Å². The highest BCUT2D eigenvalue weighted by Gasteiger charge is 2.32. The highest BCUT2D eigenvalue weighted by molar-refractivity contribution is 5.96. The number of hydrogen-bond donors (Lipinski definition) is 3. The zero-order valence-corrected chi connectivity index (χ0v) is 18.5. The van der Waals surface area contributed by atoms with E-state index >= 15 is 0 Å². The second-order valence-corrected chi connectivity index (χ2v) is 8.69. The molecule has 0 radical (unpaired) electrons. The fourth-order valence-corrected chi connectivity index (χ4v) is 4.24. The zero-order valence-electron chi connectivity index (χ0n) is 18.5. The lowest BCUT2D eigenvalue weighted by Gasteiger charge is -2.37. The molecule has 7 heteroatoms. The third kappa shape index (κ3) is 4.84. The summed E-state index contributed by atoms with van der Waals surface area (Å²) in [6, 6.07) is 15.2. The van der Waals surface area contributed by atoms with Crippen molar-refractivity contribution in [3.63, 3.8) is 0 Å². The first-order valence-corrected chi connectivity index (χ1v) is 11.1. The maximum atomic E-state index is 12.3. The molecule has 4 rings (SSSR count). The van der Waals surface area contributed by atoms with Gasteiger partial charge in [-0.3, -0.25) is 19.4 Å². The Kier molecular flexibility index (Phi) is 6.58. The molecule has 7 nitrogen and oxygen atoms in total. The number of anilines is 1. The van der Waals surface area contributed by atoms with Crippen LogP contribution in [-0.2, 0) is 16.1 Å². The van der Waals surface area contributed by atoms with Crippen LogP contribution in [-0.4, -0.2) is 57.9 Å². The number of piperazine rings is 1.